The second-order valence-electron chi connectivity index (χ2n) is 9.61. The quantitative estimate of drug-likeness (QED) is 0.551. The Morgan fingerprint density at radius 3 is 2.56 bits per heavy atom. The van der Waals surface area contributed by atoms with E-state index in [0.29, 0.717) is 11.3 Å². The smallest absolute Gasteiger partial charge is 0.187 e. The lowest BCUT2D eigenvalue weighted by atomic mass is 9.55. The number of rotatable bonds is 4. The van der Waals surface area contributed by atoms with Crippen LogP contribution < -0.4 is 0 Å². The van der Waals surface area contributed by atoms with E-state index in [1.807, 2.05) is 13.8 Å². The maximum absolute atomic E-state index is 10.3. The molecule has 1 heterocycles. The molecule has 3 rings (SSSR count). The molecule has 2 saturated carbocycles. The first-order valence-electron chi connectivity index (χ1n) is 10.2. The Kier molecular flexibility index (Phi) is 6.07. The Hall–Kier alpha value is -0.500. The van der Waals surface area contributed by atoms with Gasteiger partial charge in [-0.2, -0.15) is 0 Å². The van der Waals surface area contributed by atoms with E-state index in [1.54, 1.807) is 0 Å². The predicted molar refractivity (Wildman–Crippen MR) is 101 cm³/mol. The van der Waals surface area contributed by atoms with Crippen LogP contribution in [0.3, 0.4) is 0 Å². The van der Waals surface area contributed by atoms with Crippen LogP contribution in [0.2, 0.25) is 0 Å². The van der Waals surface area contributed by atoms with Crippen LogP contribution in [-0.2, 0) is 9.47 Å². The summed E-state index contributed by atoms with van der Waals surface area (Å²) in [6, 6.07) is 0. The molecule has 1 saturated heterocycles. The second kappa shape index (κ2) is 7.73. The number of fused-ring (bicyclic) bond motifs is 1. The Morgan fingerprint density at radius 1 is 1.19 bits per heavy atom. The largest absolute Gasteiger partial charge is 0.394 e. The molecule has 27 heavy (non-hydrogen) atoms. The summed E-state index contributed by atoms with van der Waals surface area (Å²) in [5, 5.41) is 39.6. The van der Waals surface area contributed by atoms with Crippen LogP contribution in [0.5, 0.6) is 0 Å². The van der Waals surface area contributed by atoms with E-state index in [1.165, 1.54) is 18.4 Å². The van der Waals surface area contributed by atoms with Crippen LogP contribution in [0, 0.1) is 17.3 Å². The summed E-state index contributed by atoms with van der Waals surface area (Å²) in [5.74, 6) is 0.764. The molecule has 0 aromatic rings. The van der Waals surface area contributed by atoms with Crippen molar-refractivity contribution in [1.82, 2.24) is 0 Å². The number of allylic oxidation sites excluding steroid dienone is 1. The Bertz CT molecular complexity index is 547. The molecular formula is C21H36O6. The molecule has 0 bridgehead atoms. The van der Waals surface area contributed by atoms with Crippen LogP contribution in [-0.4, -0.2) is 63.3 Å². The van der Waals surface area contributed by atoms with Crippen molar-refractivity contribution in [2.24, 2.45) is 17.3 Å². The van der Waals surface area contributed by atoms with Gasteiger partial charge in [-0.3, -0.25) is 0 Å². The van der Waals surface area contributed by atoms with Crippen molar-refractivity contribution in [3.8, 4) is 0 Å². The summed E-state index contributed by atoms with van der Waals surface area (Å²) in [4.78, 5) is 0. The van der Waals surface area contributed by atoms with Gasteiger partial charge in [0.25, 0.3) is 0 Å². The van der Waals surface area contributed by atoms with Gasteiger partial charge in [-0.05, 0) is 69.6 Å². The Balaban J connectivity index is 1.70. The Morgan fingerprint density at radius 2 is 1.89 bits per heavy atom. The monoisotopic (exact) mass is 384 g/mol. The number of hydrogen-bond acceptors (Lipinski definition) is 6. The Labute approximate surface area is 162 Å². The molecule has 4 N–H and O–H groups in total. The summed E-state index contributed by atoms with van der Waals surface area (Å²) >= 11 is 0. The summed E-state index contributed by atoms with van der Waals surface area (Å²) in [7, 11) is 0. The molecule has 0 spiro atoms. The molecule has 3 fully saturated rings. The minimum Gasteiger partial charge on any atom is -0.394 e. The van der Waals surface area contributed by atoms with Crippen LogP contribution in [0.1, 0.15) is 59.3 Å². The molecule has 1 aliphatic heterocycles. The highest BCUT2D eigenvalue weighted by molar-refractivity contribution is 5.13. The topological polar surface area (TPSA) is 99.4 Å². The molecule has 0 radical (unpaired) electrons. The average Bonchev–Trinajstić information content (AvgIpc) is 2.61. The molecule has 2 aliphatic carbocycles. The van der Waals surface area contributed by atoms with E-state index >= 15 is 0 Å². The van der Waals surface area contributed by atoms with Crippen molar-refractivity contribution < 1.29 is 29.9 Å². The van der Waals surface area contributed by atoms with Gasteiger partial charge in [-0.25, -0.2) is 0 Å². The second-order valence-corrected chi connectivity index (χ2v) is 9.61. The minimum atomic E-state index is -1.41. The number of ether oxygens (including phenoxy) is 2. The van der Waals surface area contributed by atoms with Crippen molar-refractivity contribution >= 4 is 0 Å². The van der Waals surface area contributed by atoms with Crippen molar-refractivity contribution in [2.45, 2.75) is 95.6 Å². The van der Waals surface area contributed by atoms with E-state index in [4.69, 9.17) is 9.47 Å². The van der Waals surface area contributed by atoms with Gasteiger partial charge in [0.1, 0.15) is 24.4 Å². The van der Waals surface area contributed by atoms with Gasteiger partial charge in [-0.15, -0.1) is 0 Å². The van der Waals surface area contributed by atoms with Crippen molar-refractivity contribution in [3.63, 3.8) is 0 Å². The molecule has 8 atom stereocenters. The van der Waals surface area contributed by atoms with Gasteiger partial charge in [0.15, 0.2) is 6.29 Å². The third kappa shape index (κ3) is 3.98. The van der Waals surface area contributed by atoms with Crippen molar-refractivity contribution in [2.75, 3.05) is 6.61 Å². The van der Waals surface area contributed by atoms with E-state index in [0.717, 1.165) is 25.7 Å². The zero-order valence-electron chi connectivity index (χ0n) is 16.8. The summed E-state index contributed by atoms with van der Waals surface area (Å²) in [5.41, 5.74) is 1.09. The highest BCUT2D eigenvalue weighted by Gasteiger charge is 2.50. The maximum atomic E-state index is 10.3. The summed E-state index contributed by atoms with van der Waals surface area (Å²) in [6.45, 7) is 10.2. The molecule has 0 aromatic heterocycles. The fraction of sp³-hybridized carbons (Fsp3) is 0.905. The first-order valence-corrected chi connectivity index (χ1v) is 10.2. The minimum absolute atomic E-state index is 0.276. The van der Waals surface area contributed by atoms with E-state index in [9.17, 15) is 20.4 Å². The molecule has 3 aliphatic rings. The van der Waals surface area contributed by atoms with Crippen LogP contribution in [0.4, 0.5) is 0 Å². The van der Waals surface area contributed by atoms with Gasteiger partial charge in [0.05, 0.1) is 12.2 Å². The highest BCUT2D eigenvalue weighted by Crippen LogP contribution is 2.55. The van der Waals surface area contributed by atoms with Crippen molar-refractivity contribution in [1.29, 1.82) is 0 Å². The van der Waals surface area contributed by atoms with Crippen molar-refractivity contribution in [3.05, 3.63) is 12.2 Å². The normalized spacial score (nSPS) is 46.2. The average molecular weight is 385 g/mol. The lowest BCUT2D eigenvalue weighted by Crippen LogP contribution is -2.61. The fourth-order valence-corrected chi connectivity index (χ4v) is 5.41. The first kappa shape index (κ1) is 21.2. The first-order chi connectivity index (χ1) is 12.6. The third-order valence-electron chi connectivity index (χ3n) is 7.42. The number of hydrogen-bond donors (Lipinski definition) is 4. The summed E-state index contributed by atoms with van der Waals surface area (Å²) < 4.78 is 11.7. The van der Waals surface area contributed by atoms with Crippen LogP contribution >= 0.6 is 0 Å². The van der Waals surface area contributed by atoms with E-state index < -0.39 is 42.9 Å². The van der Waals surface area contributed by atoms with Crippen LogP contribution in [0.25, 0.3) is 0 Å². The molecule has 156 valence electrons. The number of aliphatic hydroxyl groups excluding tert-OH is 4. The van der Waals surface area contributed by atoms with Gasteiger partial charge in [0, 0.05) is 0 Å². The lowest BCUT2D eigenvalue weighted by Gasteiger charge is -2.52. The van der Waals surface area contributed by atoms with E-state index in [2.05, 4.69) is 13.5 Å². The molecule has 0 amide bonds. The standard InChI is InChI=1S/C21H36O6/c1-12-6-5-8-21(4)9-7-13(10-14(12)21)20(2,3)27-19-18(25)17(24)16(23)15(11-22)26-19/h13-19,22-25H,1,5-11H2,2-4H3/t13-,14+,15-,16-,17+,18-,19+,21-/m1/s1. The molecule has 0 unspecified atom stereocenters. The predicted octanol–water partition coefficient (Wildman–Crippen LogP) is 1.74. The number of aliphatic hydroxyl groups is 4. The van der Waals surface area contributed by atoms with Gasteiger partial charge < -0.3 is 29.9 Å². The molecule has 6 heteroatoms. The molecule has 6 nitrogen and oxygen atoms in total. The van der Waals surface area contributed by atoms with E-state index in [-0.39, 0.29) is 5.92 Å². The molecular weight excluding hydrogens is 348 g/mol. The van der Waals surface area contributed by atoms with Gasteiger partial charge in [0.2, 0.25) is 0 Å². The SMILES string of the molecule is C=C1CCC[C@]2(C)CC[C@@H](C(C)(C)O[C@@H]3O[C@H](CO)[C@@H](O)[C@H](O)[C@H]3O)C[C@@H]12. The molecule has 0 aromatic carbocycles. The third-order valence-corrected chi connectivity index (χ3v) is 7.42. The summed E-state index contributed by atoms with van der Waals surface area (Å²) in [6.07, 6.45) is 0.557. The lowest BCUT2D eigenvalue weighted by molar-refractivity contribution is -0.330. The van der Waals surface area contributed by atoms with Crippen LogP contribution in [0.15, 0.2) is 12.2 Å². The van der Waals surface area contributed by atoms with Gasteiger partial charge in [-0.1, -0.05) is 19.1 Å². The maximum Gasteiger partial charge on any atom is 0.187 e. The van der Waals surface area contributed by atoms with Gasteiger partial charge >= 0.3 is 0 Å². The zero-order valence-corrected chi connectivity index (χ0v) is 16.8. The highest BCUT2D eigenvalue weighted by atomic mass is 16.7. The fourth-order valence-electron chi connectivity index (χ4n) is 5.41. The zero-order chi connectivity index (χ0) is 20.0.